The fraction of sp³-hybridized carbons (Fsp3) is 0.636. The monoisotopic (exact) mass is 244 g/mol. The maximum Gasteiger partial charge on any atom is 0.104 e. The van der Waals surface area contributed by atoms with Crippen LogP contribution in [0.3, 0.4) is 0 Å². The highest BCUT2D eigenvalue weighted by atomic mass is 79.9. The zero-order valence-corrected chi connectivity index (χ0v) is 10.1. The topological polar surface area (TPSA) is 13.1 Å². The van der Waals surface area contributed by atoms with E-state index >= 15 is 0 Å². The molecule has 0 radical (unpaired) electrons. The van der Waals surface area contributed by atoms with Crippen LogP contribution in [0.5, 0.6) is 0 Å². The molecule has 1 rings (SSSR count). The Morgan fingerprint density at radius 2 is 2.15 bits per heavy atom. The Morgan fingerprint density at radius 1 is 1.46 bits per heavy atom. The molecule has 1 heterocycles. The summed E-state index contributed by atoms with van der Waals surface area (Å²) < 4.78 is 5.34. The molecule has 1 unspecified atom stereocenters. The molecule has 0 amide bonds. The fourth-order valence-corrected chi connectivity index (χ4v) is 2.46. The summed E-state index contributed by atoms with van der Waals surface area (Å²) in [5.74, 6) is 1.71. The first-order valence-electron chi connectivity index (χ1n) is 4.62. The van der Waals surface area contributed by atoms with Crippen LogP contribution in [0.1, 0.15) is 26.5 Å². The number of halogens is 1. The molecule has 0 fully saturated rings. The van der Waals surface area contributed by atoms with E-state index in [-0.39, 0.29) is 0 Å². The highest BCUT2D eigenvalue weighted by Gasteiger charge is 2.24. The van der Waals surface area contributed by atoms with Crippen LogP contribution in [0.15, 0.2) is 22.8 Å². The van der Waals surface area contributed by atoms with E-state index in [2.05, 4.69) is 36.7 Å². The molecular formula is C11H17BrO. The quantitative estimate of drug-likeness (QED) is 0.736. The molecule has 0 bridgehead atoms. The van der Waals surface area contributed by atoms with E-state index in [0.717, 1.165) is 17.5 Å². The average Bonchev–Trinajstić information content (AvgIpc) is 2.49. The second-order valence-corrected chi connectivity index (χ2v) is 5.15. The molecule has 1 aromatic heterocycles. The smallest absolute Gasteiger partial charge is 0.104 e. The van der Waals surface area contributed by atoms with Crippen molar-refractivity contribution in [3.05, 3.63) is 24.2 Å². The van der Waals surface area contributed by atoms with Gasteiger partial charge in [0, 0.05) is 11.8 Å². The Hall–Kier alpha value is -0.240. The van der Waals surface area contributed by atoms with Crippen LogP contribution in [0, 0.1) is 11.3 Å². The van der Waals surface area contributed by atoms with Crippen LogP contribution in [-0.2, 0) is 6.42 Å². The Bertz CT molecular complexity index is 233. The SMILES string of the molecule is CC(C)(C)C(CBr)Cc1ccco1. The Labute approximate surface area is 88.6 Å². The Morgan fingerprint density at radius 3 is 2.54 bits per heavy atom. The normalized spacial score (nSPS) is 14.5. The molecule has 0 N–H and O–H groups in total. The van der Waals surface area contributed by atoms with Gasteiger partial charge < -0.3 is 4.42 Å². The zero-order chi connectivity index (χ0) is 9.90. The van der Waals surface area contributed by atoms with Gasteiger partial charge >= 0.3 is 0 Å². The second-order valence-electron chi connectivity index (χ2n) is 4.50. The zero-order valence-electron chi connectivity index (χ0n) is 8.51. The maximum atomic E-state index is 5.34. The van der Waals surface area contributed by atoms with Crippen molar-refractivity contribution in [3.8, 4) is 0 Å². The predicted octanol–water partition coefficient (Wildman–Crippen LogP) is 3.88. The predicted molar refractivity (Wildman–Crippen MR) is 59.2 cm³/mol. The molecule has 0 saturated heterocycles. The molecule has 0 saturated carbocycles. The van der Waals surface area contributed by atoms with E-state index in [1.807, 2.05) is 12.1 Å². The molecule has 1 aromatic rings. The van der Waals surface area contributed by atoms with E-state index < -0.39 is 0 Å². The number of rotatable bonds is 3. The third-order valence-corrected chi connectivity index (χ3v) is 3.22. The third-order valence-electron chi connectivity index (χ3n) is 2.44. The van der Waals surface area contributed by atoms with Crippen molar-refractivity contribution in [1.82, 2.24) is 0 Å². The van der Waals surface area contributed by atoms with Crippen molar-refractivity contribution < 1.29 is 4.42 Å². The van der Waals surface area contributed by atoms with Gasteiger partial charge in [0.1, 0.15) is 5.76 Å². The van der Waals surface area contributed by atoms with Crippen molar-refractivity contribution in [1.29, 1.82) is 0 Å². The number of hydrogen-bond donors (Lipinski definition) is 0. The van der Waals surface area contributed by atoms with Crippen molar-refractivity contribution in [2.24, 2.45) is 11.3 Å². The van der Waals surface area contributed by atoms with Gasteiger partial charge in [-0.2, -0.15) is 0 Å². The maximum absolute atomic E-state index is 5.34. The van der Waals surface area contributed by atoms with Gasteiger partial charge in [-0.15, -0.1) is 0 Å². The van der Waals surface area contributed by atoms with Crippen molar-refractivity contribution in [2.45, 2.75) is 27.2 Å². The van der Waals surface area contributed by atoms with Gasteiger partial charge in [-0.3, -0.25) is 0 Å². The van der Waals surface area contributed by atoms with Gasteiger partial charge in [-0.1, -0.05) is 36.7 Å². The van der Waals surface area contributed by atoms with E-state index in [9.17, 15) is 0 Å². The first-order chi connectivity index (χ1) is 6.04. The van der Waals surface area contributed by atoms with Gasteiger partial charge in [-0.05, 0) is 23.5 Å². The summed E-state index contributed by atoms with van der Waals surface area (Å²) in [5, 5.41) is 1.02. The van der Waals surface area contributed by atoms with E-state index in [1.165, 1.54) is 0 Å². The van der Waals surface area contributed by atoms with Gasteiger partial charge in [0.05, 0.1) is 6.26 Å². The van der Waals surface area contributed by atoms with Gasteiger partial charge in [0.15, 0.2) is 0 Å². The lowest BCUT2D eigenvalue weighted by atomic mass is 9.80. The minimum atomic E-state index is 0.330. The molecular weight excluding hydrogens is 228 g/mol. The van der Waals surface area contributed by atoms with Gasteiger partial charge in [0.25, 0.3) is 0 Å². The molecule has 0 aromatic carbocycles. The summed E-state index contributed by atoms with van der Waals surface area (Å²) in [5.41, 5.74) is 0.330. The molecule has 1 nitrogen and oxygen atoms in total. The van der Waals surface area contributed by atoms with Crippen LogP contribution in [-0.4, -0.2) is 5.33 Å². The summed E-state index contributed by atoms with van der Waals surface area (Å²) in [4.78, 5) is 0. The summed E-state index contributed by atoms with van der Waals surface area (Å²) in [6.07, 6.45) is 2.75. The first kappa shape index (κ1) is 10.8. The summed E-state index contributed by atoms with van der Waals surface area (Å²) in [6, 6.07) is 3.99. The van der Waals surface area contributed by atoms with E-state index in [1.54, 1.807) is 6.26 Å². The lowest BCUT2D eigenvalue weighted by molar-refractivity contribution is 0.254. The lowest BCUT2D eigenvalue weighted by Crippen LogP contribution is -2.23. The molecule has 2 heteroatoms. The standard InChI is InChI=1S/C11H17BrO/c1-11(2,3)9(8-12)7-10-5-4-6-13-10/h4-6,9H,7-8H2,1-3H3. The van der Waals surface area contributed by atoms with E-state index in [0.29, 0.717) is 11.3 Å². The van der Waals surface area contributed by atoms with Crippen LogP contribution >= 0.6 is 15.9 Å². The molecule has 13 heavy (non-hydrogen) atoms. The van der Waals surface area contributed by atoms with Crippen LogP contribution in [0.25, 0.3) is 0 Å². The van der Waals surface area contributed by atoms with Crippen LogP contribution in [0.2, 0.25) is 0 Å². The highest BCUT2D eigenvalue weighted by molar-refractivity contribution is 9.09. The molecule has 74 valence electrons. The summed E-state index contributed by atoms with van der Waals surface area (Å²) >= 11 is 3.56. The van der Waals surface area contributed by atoms with Gasteiger partial charge in [-0.25, -0.2) is 0 Å². The average molecular weight is 245 g/mol. The third kappa shape index (κ3) is 3.18. The Balaban J connectivity index is 2.60. The molecule has 0 aliphatic rings. The largest absolute Gasteiger partial charge is 0.469 e. The van der Waals surface area contributed by atoms with Crippen LogP contribution < -0.4 is 0 Å². The Kier molecular flexibility index (Phi) is 3.60. The van der Waals surface area contributed by atoms with E-state index in [4.69, 9.17) is 4.42 Å². The van der Waals surface area contributed by atoms with Crippen molar-refractivity contribution in [2.75, 3.05) is 5.33 Å². The molecule has 0 spiro atoms. The van der Waals surface area contributed by atoms with Gasteiger partial charge in [0.2, 0.25) is 0 Å². The molecule has 1 atom stereocenters. The number of alkyl halides is 1. The van der Waals surface area contributed by atoms with Crippen LogP contribution in [0.4, 0.5) is 0 Å². The number of furan rings is 1. The second kappa shape index (κ2) is 4.32. The lowest BCUT2D eigenvalue weighted by Gasteiger charge is -2.28. The number of hydrogen-bond acceptors (Lipinski definition) is 1. The summed E-state index contributed by atoms with van der Waals surface area (Å²) in [6.45, 7) is 6.80. The van der Waals surface area contributed by atoms with Crippen molar-refractivity contribution >= 4 is 15.9 Å². The van der Waals surface area contributed by atoms with Crippen molar-refractivity contribution in [3.63, 3.8) is 0 Å². The first-order valence-corrected chi connectivity index (χ1v) is 5.74. The molecule has 0 aliphatic heterocycles. The highest BCUT2D eigenvalue weighted by Crippen LogP contribution is 2.30. The summed E-state index contributed by atoms with van der Waals surface area (Å²) in [7, 11) is 0. The minimum absolute atomic E-state index is 0.330. The minimum Gasteiger partial charge on any atom is -0.469 e. The molecule has 0 aliphatic carbocycles. The fourth-order valence-electron chi connectivity index (χ4n) is 1.26.